The van der Waals surface area contributed by atoms with Crippen LogP contribution in [0.15, 0.2) is 42.5 Å². The van der Waals surface area contributed by atoms with E-state index in [-0.39, 0.29) is 23.5 Å². The van der Waals surface area contributed by atoms with Gasteiger partial charge in [0.05, 0.1) is 0 Å². The van der Waals surface area contributed by atoms with Crippen LogP contribution in [-0.2, 0) is 22.6 Å². The first kappa shape index (κ1) is 21.3. The van der Waals surface area contributed by atoms with Crippen LogP contribution in [0.5, 0.6) is 0 Å². The zero-order chi connectivity index (χ0) is 20.8. The van der Waals surface area contributed by atoms with Crippen LogP contribution in [0.1, 0.15) is 36.0 Å². The Bertz CT molecular complexity index is 862. The van der Waals surface area contributed by atoms with Gasteiger partial charge in [0.1, 0.15) is 5.82 Å². The number of carbonyl (C=O) groups is 2. The second-order valence-electron chi connectivity index (χ2n) is 7.58. The summed E-state index contributed by atoms with van der Waals surface area (Å²) in [6.07, 6.45) is 2.45. The van der Waals surface area contributed by atoms with E-state index in [1.54, 1.807) is 13.0 Å². The van der Waals surface area contributed by atoms with Gasteiger partial charge in [0.15, 0.2) is 0 Å². The number of nitrogens with one attached hydrogen (secondary N) is 1. The molecule has 0 unspecified atom stereocenters. The summed E-state index contributed by atoms with van der Waals surface area (Å²) in [5.41, 5.74) is 2.42. The summed E-state index contributed by atoms with van der Waals surface area (Å²) in [6, 6.07) is 12.5. The summed E-state index contributed by atoms with van der Waals surface area (Å²) >= 11 is 5.88. The molecule has 6 heteroatoms. The Morgan fingerprint density at radius 1 is 1.10 bits per heavy atom. The number of hydrogen-bond donors (Lipinski definition) is 1. The number of aryl methyl sites for hydroxylation is 2. The maximum Gasteiger partial charge on any atom is 0.223 e. The van der Waals surface area contributed by atoms with Gasteiger partial charge in [0.2, 0.25) is 11.8 Å². The zero-order valence-electron chi connectivity index (χ0n) is 16.6. The van der Waals surface area contributed by atoms with Gasteiger partial charge in [-0.2, -0.15) is 0 Å². The minimum Gasteiger partial charge on any atom is -0.352 e. The van der Waals surface area contributed by atoms with Gasteiger partial charge in [-0.1, -0.05) is 35.9 Å². The number of rotatable bonds is 6. The van der Waals surface area contributed by atoms with Crippen LogP contribution in [0.25, 0.3) is 0 Å². The second-order valence-corrected chi connectivity index (χ2v) is 8.02. The SMILES string of the molecule is Cc1ccc(CNC(=O)C2CCN(C(=O)CCc3ccc(Cl)cc3)CC2)cc1F. The zero-order valence-corrected chi connectivity index (χ0v) is 17.3. The summed E-state index contributed by atoms with van der Waals surface area (Å²) in [4.78, 5) is 26.7. The first-order valence-corrected chi connectivity index (χ1v) is 10.3. The average Bonchev–Trinajstić information content (AvgIpc) is 2.74. The van der Waals surface area contributed by atoms with E-state index in [1.165, 1.54) is 6.07 Å². The Morgan fingerprint density at radius 3 is 2.41 bits per heavy atom. The fourth-order valence-corrected chi connectivity index (χ4v) is 3.66. The van der Waals surface area contributed by atoms with Crippen LogP contribution in [0.4, 0.5) is 4.39 Å². The number of carbonyl (C=O) groups excluding carboxylic acids is 2. The van der Waals surface area contributed by atoms with Crippen LogP contribution in [-0.4, -0.2) is 29.8 Å². The number of benzene rings is 2. The fourth-order valence-electron chi connectivity index (χ4n) is 3.53. The molecule has 154 valence electrons. The predicted octanol–water partition coefficient (Wildman–Crippen LogP) is 4.28. The van der Waals surface area contributed by atoms with Gasteiger partial charge in [0.25, 0.3) is 0 Å². The molecule has 2 amide bonds. The van der Waals surface area contributed by atoms with E-state index in [2.05, 4.69) is 5.32 Å². The minimum absolute atomic E-state index is 0.0285. The molecule has 4 nitrogen and oxygen atoms in total. The molecule has 1 heterocycles. The van der Waals surface area contributed by atoms with Crippen molar-refractivity contribution in [1.29, 1.82) is 0 Å². The third-order valence-electron chi connectivity index (χ3n) is 5.46. The lowest BCUT2D eigenvalue weighted by Crippen LogP contribution is -2.43. The fraction of sp³-hybridized carbons (Fsp3) is 0.391. The molecule has 0 atom stereocenters. The van der Waals surface area contributed by atoms with Gasteiger partial charge in [-0.15, -0.1) is 0 Å². The molecule has 3 rings (SSSR count). The predicted molar refractivity (Wildman–Crippen MR) is 112 cm³/mol. The molecule has 0 radical (unpaired) electrons. The topological polar surface area (TPSA) is 49.4 Å². The van der Waals surface area contributed by atoms with Crippen LogP contribution < -0.4 is 5.32 Å². The highest BCUT2D eigenvalue weighted by molar-refractivity contribution is 6.30. The maximum atomic E-state index is 13.6. The van der Waals surface area contributed by atoms with Gasteiger partial charge in [-0.25, -0.2) is 4.39 Å². The average molecular weight is 417 g/mol. The van der Waals surface area contributed by atoms with Gasteiger partial charge in [-0.05, 0) is 61.1 Å². The van der Waals surface area contributed by atoms with Crippen molar-refractivity contribution in [2.24, 2.45) is 5.92 Å². The molecule has 0 aliphatic carbocycles. The molecule has 1 saturated heterocycles. The summed E-state index contributed by atoms with van der Waals surface area (Å²) in [7, 11) is 0. The molecule has 1 aliphatic rings. The number of piperidine rings is 1. The molecule has 1 fully saturated rings. The van der Waals surface area contributed by atoms with Crippen molar-refractivity contribution in [1.82, 2.24) is 10.2 Å². The highest BCUT2D eigenvalue weighted by Crippen LogP contribution is 2.19. The molecule has 2 aromatic carbocycles. The van der Waals surface area contributed by atoms with Gasteiger partial charge < -0.3 is 10.2 Å². The van der Waals surface area contributed by atoms with E-state index in [0.717, 1.165) is 11.1 Å². The number of amides is 2. The number of nitrogens with zero attached hydrogens (tertiary/aromatic N) is 1. The largest absolute Gasteiger partial charge is 0.352 e. The van der Waals surface area contributed by atoms with E-state index in [0.29, 0.717) is 55.9 Å². The van der Waals surface area contributed by atoms with Crippen molar-refractivity contribution in [3.8, 4) is 0 Å². The molecule has 2 aromatic rings. The Balaban J connectivity index is 1.40. The Kier molecular flexibility index (Phi) is 7.26. The highest BCUT2D eigenvalue weighted by atomic mass is 35.5. The molecule has 1 aliphatic heterocycles. The molecular formula is C23H26ClFN2O2. The highest BCUT2D eigenvalue weighted by Gasteiger charge is 2.27. The Morgan fingerprint density at radius 2 is 1.76 bits per heavy atom. The molecule has 0 spiro atoms. The van der Waals surface area contributed by atoms with Crippen LogP contribution in [0.2, 0.25) is 5.02 Å². The molecular weight excluding hydrogens is 391 g/mol. The molecule has 0 bridgehead atoms. The van der Waals surface area contributed by atoms with Crippen molar-refractivity contribution >= 4 is 23.4 Å². The first-order chi connectivity index (χ1) is 13.9. The summed E-state index contributed by atoms with van der Waals surface area (Å²) in [6.45, 7) is 3.21. The summed E-state index contributed by atoms with van der Waals surface area (Å²) in [5, 5.41) is 3.58. The van der Waals surface area contributed by atoms with Crippen molar-refractivity contribution in [3.05, 3.63) is 70.0 Å². The second kappa shape index (κ2) is 9.88. The first-order valence-electron chi connectivity index (χ1n) is 9.97. The molecule has 1 N–H and O–H groups in total. The van der Waals surface area contributed by atoms with E-state index in [4.69, 9.17) is 11.6 Å². The number of likely N-dealkylation sites (tertiary alicyclic amines) is 1. The molecule has 0 saturated carbocycles. The lowest BCUT2D eigenvalue weighted by atomic mass is 9.95. The summed E-state index contributed by atoms with van der Waals surface area (Å²) in [5.74, 6) is -0.277. The normalized spacial score (nSPS) is 14.7. The number of hydrogen-bond acceptors (Lipinski definition) is 2. The third-order valence-corrected chi connectivity index (χ3v) is 5.71. The molecule has 29 heavy (non-hydrogen) atoms. The van der Waals surface area contributed by atoms with Crippen LogP contribution in [0.3, 0.4) is 0 Å². The van der Waals surface area contributed by atoms with Gasteiger partial charge in [0, 0.05) is 37.0 Å². The van der Waals surface area contributed by atoms with Gasteiger partial charge >= 0.3 is 0 Å². The smallest absolute Gasteiger partial charge is 0.223 e. The Hall–Kier alpha value is -2.40. The lowest BCUT2D eigenvalue weighted by Gasteiger charge is -2.31. The summed E-state index contributed by atoms with van der Waals surface area (Å²) < 4.78 is 13.6. The lowest BCUT2D eigenvalue weighted by molar-refractivity contribution is -0.135. The van der Waals surface area contributed by atoms with Crippen molar-refractivity contribution in [2.75, 3.05) is 13.1 Å². The van der Waals surface area contributed by atoms with E-state index >= 15 is 0 Å². The quantitative estimate of drug-likeness (QED) is 0.764. The monoisotopic (exact) mass is 416 g/mol. The van der Waals surface area contributed by atoms with E-state index in [9.17, 15) is 14.0 Å². The van der Waals surface area contributed by atoms with Gasteiger partial charge in [-0.3, -0.25) is 9.59 Å². The van der Waals surface area contributed by atoms with Crippen molar-refractivity contribution < 1.29 is 14.0 Å². The van der Waals surface area contributed by atoms with Crippen LogP contribution in [0, 0.1) is 18.7 Å². The maximum absolute atomic E-state index is 13.6. The van der Waals surface area contributed by atoms with Crippen molar-refractivity contribution in [2.45, 2.75) is 39.2 Å². The number of halogens is 2. The van der Waals surface area contributed by atoms with E-state index < -0.39 is 0 Å². The third kappa shape index (κ3) is 6.04. The van der Waals surface area contributed by atoms with E-state index in [1.807, 2.05) is 35.2 Å². The minimum atomic E-state index is -0.262. The Labute approximate surface area is 176 Å². The standard InChI is InChI=1S/C23H26ClFN2O2/c1-16-2-3-18(14-21(16)25)15-26-23(29)19-10-12-27(13-11-19)22(28)9-6-17-4-7-20(24)8-5-17/h2-5,7-8,14,19H,6,9-13,15H2,1H3,(H,26,29). The van der Waals surface area contributed by atoms with Crippen LogP contribution >= 0.6 is 11.6 Å². The molecule has 0 aromatic heterocycles. The van der Waals surface area contributed by atoms with Crippen molar-refractivity contribution in [3.63, 3.8) is 0 Å².